The van der Waals surface area contributed by atoms with Gasteiger partial charge in [-0.2, -0.15) is 0 Å². The second-order valence-electron chi connectivity index (χ2n) is 3.30. The first kappa shape index (κ1) is 12.9. The van der Waals surface area contributed by atoms with E-state index in [-0.39, 0.29) is 6.54 Å². The largest absolute Gasteiger partial charge is 0.480 e. The van der Waals surface area contributed by atoms with E-state index in [1.807, 2.05) is 0 Å². The van der Waals surface area contributed by atoms with Crippen molar-refractivity contribution < 1.29 is 19.4 Å². The minimum atomic E-state index is -1.19. The molecule has 0 heterocycles. The van der Waals surface area contributed by atoms with E-state index in [1.54, 1.807) is 19.0 Å². The number of nitrogens with zero attached hydrogens (tertiary/aromatic N) is 1. The van der Waals surface area contributed by atoms with Gasteiger partial charge in [0.2, 0.25) is 0 Å². The van der Waals surface area contributed by atoms with Crippen molar-refractivity contribution in [3.05, 3.63) is 0 Å². The van der Waals surface area contributed by atoms with E-state index in [0.717, 1.165) is 0 Å². The molecule has 0 aromatic heterocycles. The average Bonchev–Trinajstić information content (AvgIpc) is 2.00. The Kier molecular flexibility index (Phi) is 5.11. The smallest absolute Gasteiger partial charge is 0.324 e. The van der Waals surface area contributed by atoms with Crippen LogP contribution in [0.4, 0.5) is 0 Å². The maximum absolute atomic E-state index is 11.1. The molecule has 0 aromatic rings. The Balaban J connectivity index is 3.99. The molecular weight excluding hydrogens is 188 g/mol. The van der Waals surface area contributed by atoms with Crippen molar-refractivity contribution in [3.8, 4) is 0 Å². The Labute approximate surface area is 82.6 Å². The quantitative estimate of drug-likeness (QED) is 0.552. The molecule has 3 N–H and O–H groups in total. The number of aliphatic carboxylic acids is 1. The normalized spacial score (nSPS) is 14.9. The molecule has 14 heavy (non-hydrogen) atoms. The number of hydrogen-bond acceptors (Lipinski definition) is 5. The number of carbonyl (C=O) groups is 2. The lowest BCUT2D eigenvalue weighted by Crippen LogP contribution is -2.43. The number of hydrogen-bond donors (Lipinski definition) is 2. The monoisotopic (exact) mass is 204 g/mol. The van der Waals surface area contributed by atoms with Crippen LogP contribution in [0.3, 0.4) is 0 Å². The fourth-order valence-corrected chi connectivity index (χ4v) is 0.777. The van der Waals surface area contributed by atoms with E-state index in [4.69, 9.17) is 15.6 Å². The summed E-state index contributed by atoms with van der Waals surface area (Å²) >= 11 is 0. The van der Waals surface area contributed by atoms with Gasteiger partial charge in [0.05, 0.1) is 6.54 Å². The summed E-state index contributed by atoms with van der Waals surface area (Å²) in [6.45, 7) is 1.56. The van der Waals surface area contributed by atoms with Crippen LogP contribution in [0.25, 0.3) is 0 Å². The predicted molar refractivity (Wildman–Crippen MR) is 49.7 cm³/mol. The third kappa shape index (κ3) is 4.78. The molecule has 2 atom stereocenters. The van der Waals surface area contributed by atoms with E-state index in [9.17, 15) is 9.59 Å². The molecule has 6 nitrogen and oxygen atoms in total. The molecule has 0 aromatic carbocycles. The summed E-state index contributed by atoms with van der Waals surface area (Å²) in [6, 6.07) is -1.18. The topological polar surface area (TPSA) is 92.9 Å². The molecule has 0 saturated carbocycles. The fraction of sp³-hybridized carbons (Fsp3) is 0.750. The van der Waals surface area contributed by atoms with Crippen molar-refractivity contribution in [2.24, 2.45) is 5.73 Å². The maximum atomic E-state index is 11.1. The highest BCUT2D eigenvalue weighted by Gasteiger charge is 2.23. The van der Waals surface area contributed by atoms with Gasteiger partial charge in [0.15, 0.2) is 0 Å². The summed E-state index contributed by atoms with van der Waals surface area (Å²) in [5, 5.41) is 8.52. The van der Waals surface area contributed by atoms with Gasteiger partial charge in [-0.3, -0.25) is 14.5 Å². The van der Waals surface area contributed by atoms with Gasteiger partial charge in [0, 0.05) is 0 Å². The van der Waals surface area contributed by atoms with Gasteiger partial charge in [0.25, 0.3) is 0 Å². The number of carbonyl (C=O) groups excluding carboxylic acids is 1. The molecule has 82 valence electrons. The SMILES string of the molecule is C[C@H](OC(=O)CN(C)C)[C@H](N)C(=O)O. The number of ether oxygens (including phenoxy) is 1. The van der Waals surface area contributed by atoms with Crippen molar-refractivity contribution >= 4 is 11.9 Å². The van der Waals surface area contributed by atoms with Crippen molar-refractivity contribution in [1.29, 1.82) is 0 Å². The number of likely N-dealkylation sites (N-methyl/N-ethyl adjacent to an activating group) is 1. The molecule has 0 aliphatic heterocycles. The van der Waals surface area contributed by atoms with Gasteiger partial charge in [0.1, 0.15) is 12.1 Å². The van der Waals surface area contributed by atoms with Crippen LogP contribution >= 0.6 is 0 Å². The Bertz CT molecular complexity index is 217. The zero-order valence-corrected chi connectivity index (χ0v) is 8.56. The lowest BCUT2D eigenvalue weighted by atomic mass is 10.2. The number of nitrogens with two attached hydrogens (primary N) is 1. The summed E-state index contributed by atoms with van der Waals surface area (Å²) < 4.78 is 4.80. The Morgan fingerprint density at radius 2 is 2.00 bits per heavy atom. The molecule has 0 spiro atoms. The molecule has 0 radical (unpaired) electrons. The number of esters is 1. The minimum Gasteiger partial charge on any atom is -0.480 e. The van der Waals surface area contributed by atoms with E-state index in [0.29, 0.717) is 0 Å². The van der Waals surface area contributed by atoms with Crippen LogP contribution in [-0.4, -0.2) is 54.7 Å². The standard InChI is InChI=1S/C8H16N2O4/c1-5(7(9)8(12)13)14-6(11)4-10(2)3/h5,7H,4,9H2,1-3H3,(H,12,13)/t5-,7-/m0/s1. The Morgan fingerprint density at radius 1 is 1.50 bits per heavy atom. The Hall–Kier alpha value is -1.14. The molecular formula is C8H16N2O4. The van der Waals surface area contributed by atoms with E-state index in [1.165, 1.54) is 6.92 Å². The molecule has 0 unspecified atom stereocenters. The van der Waals surface area contributed by atoms with Gasteiger partial charge in [-0.25, -0.2) is 0 Å². The average molecular weight is 204 g/mol. The van der Waals surface area contributed by atoms with Gasteiger partial charge < -0.3 is 15.6 Å². The Morgan fingerprint density at radius 3 is 2.36 bits per heavy atom. The van der Waals surface area contributed by atoms with E-state index in [2.05, 4.69) is 0 Å². The fourth-order valence-electron chi connectivity index (χ4n) is 0.777. The van der Waals surface area contributed by atoms with Gasteiger partial charge >= 0.3 is 11.9 Å². The number of rotatable bonds is 5. The number of carboxylic acids is 1. The molecule has 0 aliphatic rings. The second-order valence-corrected chi connectivity index (χ2v) is 3.30. The van der Waals surface area contributed by atoms with Gasteiger partial charge in [-0.1, -0.05) is 0 Å². The summed E-state index contributed by atoms with van der Waals surface area (Å²) in [7, 11) is 3.42. The third-order valence-corrected chi connectivity index (χ3v) is 1.55. The van der Waals surface area contributed by atoms with Crippen LogP contribution in [0.15, 0.2) is 0 Å². The molecule has 0 saturated heterocycles. The molecule has 0 fully saturated rings. The van der Waals surface area contributed by atoms with Crippen molar-refractivity contribution in [2.75, 3.05) is 20.6 Å². The summed E-state index contributed by atoms with van der Waals surface area (Å²) in [4.78, 5) is 23.1. The highest BCUT2D eigenvalue weighted by Crippen LogP contribution is 1.97. The molecule has 0 rings (SSSR count). The van der Waals surface area contributed by atoms with Crippen LogP contribution in [-0.2, 0) is 14.3 Å². The van der Waals surface area contributed by atoms with Crippen LogP contribution in [0.1, 0.15) is 6.92 Å². The third-order valence-electron chi connectivity index (χ3n) is 1.55. The predicted octanol–water partition coefficient (Wildman–Crippen LogP) is -1.11. The van der Waals surface area contributed by atoms with Gasteiger partial charge in [-0.05, 0) is 21.0 Å². The first-order chi connectivity index (χ1) is 6.34. The highest BCUT2D eigenvalue weighted by molar-refractivity contribution is 5.76. The summed E-state index contributed by atoms with van der Waals surface area (Å²) in [5.41, 5.74) is 5.25. The molecule has 0 bridgehead atoms. The molecule has 0 aliphatic carbocycles. The van der Waals surface area contributed by atoms with Crippen LogP contribution in [0.2, 0.25) is 0 Å². The maximum Gasteiger partial charge on any atom is 0.324 e. The van der Waals surface area contributed by atoms with Gasteiger partial charge in [-0.15, -0.1) is 0 Å². The molecule has 0 amide bonds. The van der Waals surface area contributed by atoms with Crippen molar-refractivity contribution in [2.45, 2.75) is 19.1 Å². The van der Waals surface area contributed by atoms with Crippen LogP contribution in [0.5, 0.6) is 0 Å². The van der Waals surface area contributed by atoms with Crippen molar-refractivity contribution in [1.82, 2.24) is 4.90 Å². The van der Waals surface area contributed by atoms with Crippen molar-refractivity contribution in [3.63, 3.8) is 0 Å². The second kappa shape index (κ2) is 5.56. The lowest BCUT2D eigenvalue weighted by Gasteiger charge is -2.18. The van der Waals surface area contributed by atoms with Crippen LogP contribution < -0.4 is 5.73 Å². The van der Waals surface area contributed by atoms with E-state index < -0.39 is 24.1 Å². The van der Waals surface area contributed by atoms with Crippen LogP contribution in [0, 0.1) is 0 Å². The summed E-state index contributed by atoms with van der Waals surface area (Å²) in [5.74, 6) is -1.67. The first-order valence-corrected chi connectivity index (χ1v) is 4.17. The van der Waals surface area contributed by atoms with E-state index >= 15 is 0 Å². The molecule has 6 heteroatoms. The zero-order chi connectivity index (χ0) is 11.3. The first-order valence-electron chi connectivity index (χ1n) is 4.17. The highest BCUT2D eigenvalue weighted by atomic mass is 16.5. The summed E-state index contributed by atoms with van der Waals surface area (Å²) in [6.07, 6.45) is -0.819. The zero-order valence-electron chi connectivity index (χ0n) is 8.56. The lowest BCUT2D eigenvalue weighted by molar-refractivity contribution is -0.153. The number of carboxylic acid groups (broad SMARTS) is 1. The minimum absolute atomic E-state index is 0.108.